The summed E-state index contributed by atoms with van der Waals surface area (Å²) in [5.74, 6) is 0.415. The van der Waals surface area contributed by atoms with Crippen LogP contribution < -0.4 is 5.48 Å². The maximum Gasteiger partial charge on any atom is 0.285 e. The molecule has 0 radical (unpaired) electrons. The van der Waals surface area contributed by atoms with Gasteiger partial charge in [0.2, 0.25) is 0 Å². The average molecular weight is 233 g/mol. The Hall–Kier alpha value is -0.950. The Balaban J connectivity index is 2.77. The van der Waals surface area contributed by atoms with Crippen LogP contribution in [0.2, 0.25) is 0 Å². The lowest BCUT2D eigenvalue weighted by molar-refractivity contribution is 0.254. The van der Waals surface area contributed by atoms with Crippen LogP contribution in [0.5, 0.6) is 0 Å². The van der Waals surface area contributed by atoms with Gasteiger partial charge in [-0.3, -0.25) is 0 Å². The third-order valence-electron chi connectivity index (χ3n) is 1.95. The molecule has 1 aliphatic heterocycles. The Morgan fingerprint density at radius 1 is 1.40 bits per heavy atom. The molecule has 0 aliphatic carbocycles. The van der Waals surface area contributed by atoms with Gasteiger partial charge in [0.05, 0.1) is 6.26 Å². The van der Waals surface area contributed by atoms with Crippen molar-refractivity contribution in [1.82, 2.24) is 5.48 Å². The Morgan fingerprint density at radius 2 is 2.00 bits per heavy atom. The number of hydrogen-bond donors (Lipinski definition) is 1. The number of hydroxylamine groups is 1. The highest BCUT2D eigenvalue weighted by Gasteiger charge is 2.30. The molecular formula is C8H15N3O3S. The smallest absolute Gasteiger partial charge is 0.233 e. The second-order valence-electron chi connectivity index (χ2n) is 4.23. The summed E-state index contributed by atoms with van der Waals surface area (Å²) in [7, 11) is -3.53. The highest BCUT2D eigenvalue weighted by molar-refractivity contribution is 7.85. The third-order valence-corrected chi connectivity index (χ3v) is 2.34. The second kappa shape index (κ2) is 3.90. The minimum Gasteiger partial charge on any atom is -0.233 e. The molecule has 0 unspecified atom stereocenters. The molecule has 0 spiro atoms. The summed E-state index contributed by atoms with van der Waals surface area (Å²) in [6.45, 7) is 5.74. The van der Waals surface area contributed by atoms with Crippen LogP contribution in [0.25, 0.3) is 0 Å². The minimum absolute atomic E-state index is 0.295. The van der Waals surface area contributed by atoms with Gasteiger partial charge in [-0.15, -0.1) is 5.10 Å². The van der Waals surface area contributed by atoms with E-state index in [-0.39, 0.29) is 5.41 Å². The van der Waals surface area contributed by atoms with Gasteiger partial charge >= 0.3 is 0 Å². The van der Waals surface area contributed by atoms with Gasteiger partial charge in [0.25, 0.3) is 10.1 Å². The van der Waals surface area contributed by atoms with E-state index in [4.69, 9.17) is 0 Å². The molecule has 1 N–H and O–H groups in total. The standard InChI is InChI=1S/C8H15N3O3S/c1-6-5-8(2,3)7(10-9-6)11-14-15(4,12)13/h5H2,1-4H3,(H,10,11). The molecule has 0 saturated carbocycles. The van der Waals surface area contributed by atoms with E-state index < -0.39 is 10.1 Å². The molecule has 7 heteroatoms. The fourth-order valence-corrected chi connectivity index (χ4v) is 1.53. The van der Waals surface area contributed by atoms with Crippen LogP contribution in [0.4, 0.5) is 0 Å². The predicted molar refractivity (Wildman–Crippen MR) is 58.0 cm³/mol. The number of rotatable bonds is 2. The van der Waals surface area contributed by atoms with E-state index in [1.165, 1.54) is 0 Å². The summed E-state index contributed by atoms with van der Waals surface area (Å²) in [4.78, 5) is 0. The summed E-state index contributed by atoms with van der Waals surface area (Å²) in [5, 5.41) is 7.75. The van der Waals surface area contributed by atoms with Gasteiger partial charge < -0.3 is 0 Å². The number of hydrogen-bond acceptors (Lipinski definition) is 6. The molecule has 6 nitrogen and oxygen atoms in total. The topological polar surface area (TPSA) is 80.1 Å². The molecule has 15 heavy (non-hydrogen) atoms. The highest BCUT2D eigenvalue weighted by Crippen LogP contribution is 2.25. The van der Waals surface area contributed by atoms with E-state index in [0.717, 1.165) is 12.0 Å². The molecule has 0 fully saturated rings. The van der Waals surface area contributed by atoms with Crippen molar-refractivity contribution in [3.63, 3.8) is 0 Å². The Kier molecular flexibility index (Phi) is 3.15. The summed E-state index contributed by atoms with van der Waals surface area (Å²) >= 11 is 0. The van der Waals surface area contributed by atoms with Crippen LogP contribution in [-0.2, 0) is 14.4 Å². The molecule has 0 aromatic rings. The van der Waals surface area contributed by atoms with E-state index in [2.05, 4.69) is 20.0 Å². The van der Waals surface area contributed by atoms with E-state index in [0.29, 0.717) is 12.3 Å². The van der Waals surface area contributed by atoms with Gasteiger partial charge in [-0.1, -0.05) is 13.8 Å². The molecule has 0 atom stereocenters. The van der Waals surface area contributed by atoms with Crippen molar-refractivity contribution in [1.29, 1.82) is 0 Å². The molecule has 0 saturated heterocycles. The zero-order valence-electron chi connectivity index (χ0n) is 9.23. The van der Waals surface area contributed by atoms with Crippen molar-refractivity contribution in [2.24, 2.45) is 15.6 Å². The fourth-order valence-electron chi connectivity index (χ4n) is 1.30. The van der Waals surface area contributed by atoms with Gasteiger partial charge in [-0.05, 0) is 13.3 Å². The number of nitrogens with zero attached hydrogens (tertiary/aromatic N) is 2. The Bertz CT molecular complexity index is 409. The lowest BCUT2D eigenvalue weighted by atomic mass is 9.85. The van der Waals surface area contributed by atoms with Crippen LogP contribution in [-0.4, -0.2) is 26.2 Å². The highest BCUT2D eigenvalue weighted by atomic mass is 32.2. The van der Waals surface area contributed by atoms with Gasteiger partial charge in [-0.25, -0.2) is 5.48 Å². The molecule has 0 amide bonds. The first-order chi connectivity index (χ1) is 6.71. The van der Waals surface area contributed by atoms with Crippen LogP contribution in [0.15, 0.2) is 10.2 Å². The summed E-state index contributed by atoms with van der Waals surface area (Å²) < 4.78 is 26.0. The zero-order valence-corrected chi connectivity index (χ0v) is 10.1. The summed E-state index contributed by atoms with van der Waals surface area (Å²) in [6, 6.07) is 0. The van der Waals surface area contributed by atoms with E-state index in [9.17, 15) is 8.42 Å². The Morgan fingerprint density at radius 3 is 2.47 bits per heavy atom. The van der Waals surface area contributed by atoms with Crippen LogP contribution >= 0.6 is 0 Å². The average Bonchev–Trinajstić information content (AvgIpc) is 1.98. The SMILES string of the molecule is CC1=NN=C(NOS(C)(=O)=O)C(C)(C)C1. The molecule has 0 aromatic carbocycles. The maximum atomic E-state index is 10.8. The summed E-state index contributed by atoms with van der Waals surface area (Å²) in [5.41, 5.74) is 2.94. The number of nitrogens with one attached hydrogen (secondary N) is 1. The minimum atomic E-state index is -3.53. The van der Waals surface area contributed by atoms with E-state index in [1.54, 1.807) is 0 Å². The van der Waals surface area contributed by atoms with Crippen molar-refractivity contribution in [3.8, 4) is 0 Å². The molecule has 1 aliphatic rings. The van der Waals surface area contributed by atoms with Gasteiger partial charge in [0.1, 0.15) is 0 Å². The molecule has 1 rings (SSSR count). The molecule has 86 valence electrons. The van der Waals surface area contributed by atoms with Crippen molar-refractivity contribution in [3.05, 3.63) is 0 Å². The molecule has 0 aromatic heterocycles. The van der Waals surface area contributed by atoms with Gasteiger partial charge in [-0.2, -0.15) is 17.8 Å². The zero-order chi connectivity index (χ0) is 11.7. The first-order valence-corrected chi connectivity index (χ1v) is 6.28. The third kappa shape index (κ3) is 3.60. The molecular weight excluding hydrogens is 218 g/mol. The lowest BCUT2D eigenvalue weighted by Crippen LogP contribution is -2.40. The van der Waals surface area contributed by atoms with Crippen molar-refractivity contribution >= 4 is 21.7 Å². The largest absolute Gasteiger partial charge is 0.285 e. The lowest BCUT2D eigenvalue weighted by Gasteiger charge is -2.28. The van der Waals surface area contributed by atoms with Gasteiger partial charge in [0.15, 0.2) is 5.84 Å². The fraction of sp³-hybridized carbons (Fsp3) is 0.750. The Labute approximate surface area is 89.5 Å². The molecule has 0 bridgehead atoms. The second-order valence-corrected chi connectivity index (χ2v) is 5.81. The predicted octanol–water partition coefficient (Wildman–Crippen LogP) is 0.671. The van der Waals surface area contributed by atoms with E-state index in [1.807, 2.05) is 20.8 Å². The van der Waals surface area contributed by atoms with Crippen LogP contribution in [0.1, 0.15) is 27.2 Å². The molecule has 1 heterocycles. The summed E-state index contributed by atoms with van der Waals surface area (Å²) in [6.07, 6.45) is 1.68. The normalized spacial score (nSPS) is 20.5. The van der Waals surface area contributed by atoms with Gasteiger partial charge in [0, 0.05) is 11.1 Å². The van der Waals surface area contributed by atoms with Crippen molar-refractivity contribution < 1.29 is 12.7 Å². The monoisotopic (exact) mass is 233 g/mol. The quantitative estimate of drug-likeness (QED) is 0.711. The maximum absolute atomic E-state index is 10.8. The first-order valence-electron chi connectivity index (χ1n) is 4.47. The van der Waals surface area contributed by atoms with Crippen LogP contribution in [0, 0.1) is 5.41 Å². The van der Waals surface area contributed by atoms with Crippen LogP contribution in [0.3, 0.4) is 0 Å². The van der Waals surface area contributed by atoms with E-state index >= 15 is 0 Å². The first kappa shape index (κ1) is 12.1. The van der Waals surface area contributed by atoms with Crippen molar-refractivity contribution in [2.45, 2.75) is 27.2 Å². The number of amidine groups is 1. The van der Waals surface area contributed by atoms with Crippen molar-refractivity contribution in [2.75, 3.05) is 6.26 Å².